The first-order valence-corrected chi connectivity index (χ1v) is 15.1. The molecule has 1 aliphatic rings. The largest absolute Gasteiger partial charge is 0.456 e. The Bertz CT molecular complexity index is 2620. The molecular formula is C42H25NO. The molecule has 0 saturated carbocycles. The fourth-order valence-electron chi connectivity index (χ4n) is 7.37. The summed E-state index contributed by atoms with van der Waals surface area (Å²) in [5.74, 6) is 1.83. The standard InChI is InChI=1S/C42H25NO/c1-2-10-29-25-38-36(24-28(29)9-1)41-32-11-4-3-8-26(32)18-22-37(41)43(38)30-19-16-27(17-20-30)31-21-23-40-42-34(31)13-7-14-35(42)33-12-5-6-15-39(33)44-40/h1-25H. The van der Waals surface area contributed by atoms with Crippen molar-refractivity contribution < 1.29 is 4.74 Å². The molecule has 0 spiro atoms. The van der Waals surface area contributed by atoms with E-state index >= 15 is 0 Å². The van der Waals surface area contributed by atoms with E-state index in [4.69, 9.17) is 4.74 Å². The Morgan fingerprint density at radius 3 is 2.00 bits per heavy atom. The van der Waals surface area contributed by atoms with Gasteiger partial charge in [0.25, 0.3) is 0 Å². The molecule has 1 aromatic heterocycles. The number of para-hydroxylation sites is 1. The molecule has 0 radical (unpaired) electrons. The van der Waals surface area contributed by atoms with Gasteiger partial charge in [-0.05, 0) is 86.1 Å². The van der Waals surface area contributed by atoms with Crippen LogP contribution in [0.15, 0.2) is 152 Å². The van der Waals surface area contributed by atoms with Crippen molar-refractivity contribution in [2.24, 2.45) is 0 Å². The van der Waals surface area contributed by atoms with Crippen LogP contribution in [0.4, 0.5) is 0 Å². The van der Waals surface area contributed by atoms with Crippen LogP contribution >= 0.6 is 0 Å². The number of hydrogen-bond donors (Lipinski definition) is 0. The fourth-order valence-corrected chi connectivity index (χ4v) is 7.37. The Kier molecular flexibility index (Phi) is 4.75. The summed E-state index contributed by atoms with van der Waals surface area (Å²) >= 11 is 0. The number of aromatic nitrogens is 1. The zero-order valence-corrected chi connectivity index (χ0v) is 23.8. The lowest BCUT2D eigenvalue weighted by atomic mass is 9.90. The van der Waals surface area contributed by atoms with E-state index in [-0.39, 0.29) is 0 Å². The minimum atomic E-state index is 0.913. The summed E-state index contributed by atoms with van der Waals surface area (Å²) in [6.45, 7) is 0. The van der Waals surface area contributed by atoms with E-state index in [9.17, 15) is 0 Å². The molecule has 0 aliphatic carbocycles. The molecule has 44 heavy (non-hydrogen) atoms. The molecule has 0 saturated heterocycles. The topological polar surface area (TPSA) is 14.2 Å². The predicted octanol–water partition coefficient (Wildman–Crippen LogP) is 11.7. The van der Waals surface area contributed by atoms with E-state index in [0.29, 0.717) is 0 Å². The Labute approximate surface area is 254 Å². The Morgan fingerprint density at radius 2 is 1.11 bits per heavy atom. The maximum absolute atomic E-state index is 6.35. The second-order valence-corrected chi connectivity index (χ2v) is 11.7. The maximum Gasteiger partial charge on any atom is 0.135 e. The Hall–Kier alpha value is -5.86. The van der Waals surface area contributed by atoms with E-state index in [1.807, 2.05) is 12.1 Å². The number of nitrogens with zero attached hydrogens (tertiary/aromatic N) is 1. The quantitative estimate of drug-likeness (QED) is 0.205. The van der Waals surface area contributed by atoms with Crippen molar-refractivity contribution in [3.05, 3.63) is 152 Å². The minimum absolute atomic E-state index is 0.913. The van der Waals surface area contributed by atoms with Gasteiger partial charge in [-0.1, -0.05) is 109 Å². The summed E-state index contributed by atoms with van der Waals surface area (Å²) in [7, 11) is 0. The van der Waals surface area contributed by atoms with Gasteiger partial charge >= 0.3 is 0 Å². The SMILES string of the molecule is c1ccc2c(c1)Oc1ccc(-c3ccc(-n4c5cc6ccccc6cc5c5c6ccccc6ccc54)cc3)c3cccc-2c13. The number of fused-ring (bicyclic) bond motifs is 8. The van der Waals surface area contributed by atoms with E-state index < -0.39 is 0 Å². The molecule has 2 nitrogen and oxygen atoms in total. The molecule has 0 atom stereocenters. The first-order chi connectivity index (χ1) is 21.8. The first kappa shape index (κ1) is 23.7. The summed E-state index contributed by atoms with van der Waals surface area (Å²) in [5, 5.41) is 10.0. The highest BCUT2D eigenvalue weighted by Gasteiger charge is 2.21. The lowest BCUT2D eigenvalue weighted by Gasteiger charge is -2.22. The molecule has 0 unspecified atom stereocenters. The lowest BCUT2D eigenvalue weighted by Crippen LogP contribution is -1.98. The van der Waals surface area contributed by atoms with Gasteiger partial charge in [0.05, 0.1) is 11.0 Å². The molecule has 9 aromatic rings. The molecule has 0 fully saturated rings. The average molecular weight is 560 g/mol. The van der Waals surface area contributed by atoms with Crippen molar-refractivity contribution in [1.82, 2.24) is 4.57 Å². The molecule has 10 rings (SSSR count). The minimum Gasteiger partial charge on any atom is -0.456 e. The van der Waals surface area contributed by atoms with E-state index in [1.54, 1.807) is 0 Å². The van der Waals surface area contributed by atoms with Crippen molar-refractivity contribution in [2.45, 2.75) is 0 Å². The first-order valence-electron chi connectivity index (χ1n) is 15.1. The molecule has 2 heteroatoms. The molecule has 0 amide bonds. The normalized spacial score (nSPS) is 12.3. The third kappa shape index (κ3) is 3.25. The van der Waals surface area contributed by atoms with Crippen LogP contribution in [0.5, 0.6) is 11.5 Å². The van der Waals surface area contributed by atoms with Gasteiger partial charge in [0.1, 0.15) is 11.5 Å². The average Bonchev–Trinajstić information content (AvgIpc) is 3.41. The van der Waals surface area contributed by atoms with E-state index in [2.05, 4.69) is 144 Å². The van der Waals surface area contributed by atoms with Gasteiger partial charge < -0.3 is 9.30 Å². The number of hydrogen-bond acceptors (Lipinski definition) is 1. The van der Waals surface area contributed by atoms with Crippen LogP contribution in [0.3, 0.4) is 0 Å². The second kappa shape index (κ2) is 8.82. The van der Waals surface area contributed by atoms with Crippen molar-refractivity contribution in [1.29, 1.82) is 0 Å². The second-order valence-electron chi connectivity index (χ2n) is 11.7. The molecular weight excluding hydrogens is 534 g/mol. The summed E-state index contributed by atoms with van der Waals surface area (Å²) < 4.78 is 8.77. The number of rotatable bonds is 2. The summed E-state index contributed by atoms with van der Waals surface area (Å²) in [6.07, 6.45) is 0. The highest BCUT2D eigenvalue weighted by Crippen LogP contribution is 2.48. The van der Waals surface area contributed by atoms with Gasteiger partial charge in [0, 0.05) is 27.4 Å². The highest BCUT2D eigenvalue weighted by molar-refractivity contribution is 6.23. The number of benzene rings is 8. The van der Waals surface area contributed by atoms with E-state index in [0.717, 1.165) is 22.7 Å². The van der Waals surface area contributed by atoms with Gasteiger partial charge in [-0.3, -0.25) is 0 Å². The smallest absolute Gasteiger partial charge is 0.135 e. The van der Waals surface area contributed by atoms with Gasteiger partial charge in [-0.15, -0.1) is 0 Å². The Balaban J connectivity index is 1.19. The van der Waals surface area contributed by atoms with Crippen LogP contribution in [0.25, 0.3) is 82.1 Å². The summed E-state index contributed by atoms with van der Waals surface area (Å²) in [4.78, 5) is 0. The van der Waals surface area contributed by atoms with Gasteiger partial charge in [-0.2, -0.15) is 0 Å². The van der Waals surface area contributed by atoms with Crippen LogP contribution in [0.2, 0.25) is 0 Å². The van der Waals surface area contributed by atoms with Gasteiger partial charge in [-0.25, -0.2) is 0 Å². The van der Waals surface area contributed by atoms with Crippen LogP contribution in [0, 0.1) is 0 Å². The predicted molar refractivity (Wildman–Crippen MR) is 184 cm³/mol. The summed E-state index contributed by atoms with van der Waals surface area (Å²) in [5.41, 5.74) is 8.36. The fraction of sp³-hybridized carbons (Fsp3) is 0. The lowest BCUT2D eigenvalue weighted by molar-refractivity contribution is 0.487. The van der Waals surface area contributed by atoms with Gasteiger partial charge in [0.15, 0.2) is 0 Å². The molecule has 8 aromatic carbocycles. The van der Waals surface area contributed by atoms with Crippen LogP contribution in [-0.2, 0) is 0 Å². The summed E-state index contributed by atoms with van der Waals surface area (Å²) in [6, 6.07) is 54.9. The van der Waals surface area contributed by atoms with Crippen LogP contribution < -0.4 is 4.74 Å². The van der Waals surface area contributed by atoms with Crippen molar-refractivity contribution in [3.63, 3.8) is 0 Å². The molecule has 2 heterocycles. The van der Waals surface area contributed by atoms with Crippen molar-refractivity contribution >= 4 is 54.1 Å². The Morgan fingerprint density at radius 1 is 0.386 bits per heavy atom. The highest BCUT2D eigenvalue weighted by atomic mass is 16.5. The van der Waals surface area contributed by atoms with Gasteiger partial charge in [0.2, 0.25) is 0 Å². The zero-order chi connectivity index (χ0) is 28.8. The van der Waals surface area contributed by atoms with Crippen LogP contribution in [0.1, 0.15) is 0 Å². The molecule has 0 bridgehead atoms. The molecule has 1 aliphatic heterocycles. The third-order valence-corrected chi connectivity index (χ3v) is 9.36. The zero-order valence-electron chi connectivity index (χ0n) is 23.8. The van der Waals surface area contributed by atoms with Crippen molar-refractivity contribution in [3.8, 4) is 39.4 Å². The van der Waals surface area contributed by atoms with Crippen LogP contribution in [-0.4, -0.2) is 4.57 Å². The maximum atomic E-state index is 6.35. The van der Waals surface area contributed by atoms with E-state index in [1.165, 1.54) is 70.8 Å². The molecule has 204 valence electrons. The monoisotopic (exact) mass is 559 g/mol. The third-order valence-electron chi connectivity index (χ3n) is 9.36. The van der Waals surface area contributed by atoms with Crippen molar-refractivity contribution in [2.75, 3.05) is 0 Å². The molecule has 0 N–H and O–H groups in total. The number of ether oxygens (including phenoxy) is 1.